The van der Waals surface area contributed by atoms with Gasteiger partial charge in [-0.1, -0.05) is 68.8 Å². The second-order valence-corrected chi connectivity index (χ2v) is 25.2. The highest BCUT2D eigenvalue weighted by Crippen LogP contribution is 2.41. The van der Waals surface area contributed by atoms with Crippen LogP contribution in [0, 0.1) is 29.6 Å². The summed E-state index contributed by atoms with van der Waals surface area (Å²) in [6.07, 6.45) is -0.467. The van der Waals surface area contributed by atoms with E-state index in [-0.39, 0.29) is 87.6 Å². The van der Waals surface area contributed by atoms with Crippen LogP contribution in [0.2, 0.25) is 0 Å². The van der Waals surface area contributed by atoms with Gasteiger partial charge in [0.1, 0.15) is 29.5 Å². The zero-order chi connectivity index (χ0) is 64.2. The fraction of sp³-hybridized carbons (Fsp3) is 0.508. The minimum Gasteiger partial charge on any atom is -0.493 e. The molecule has 2 aromatic heterocycles. The number of ether oxygens (including phenoxy) is 5. The van der Waals surface area contributed by atoms with Crippen molar-refractivity contribution in [3.05, 3.63) is 119 Å². The number of rotatable bonds is 10. The lowest BCUT2D eigenvalue weighted by Gasteiger charge is -2.35. The monoisotopic (exact) mass is 1250 g/mol. The molecule has 3 aromatic carbocycles. The molecule has 3 aliphatic heterocycles. The van der Waals surface area contributed by atoms with E-state index in [0.29, 0.717) is 86.3 Å². The Morgan fingerprint density at radius 2 is 1.63 bits per heavy atom. The summed E-state index contributed by atoms with van der Waals surface area (Å²) >= 11 is 1.56. The Balaban J connectivity index is 0.878. The molecule has 4 bridgehead atoms. The van der Waals surface area contributed by atoms with E-state index in [1.807, 2.05) is 64.4 Å². The van der Waals surface area contributed by atoms with Gasteiger partial charge in [-0.3, -0.25) is 33.6 Å². The SMILES string of the molecule is C=C1COCCCOCCC(CCOc2ccc(N3C(=O)N(c4ccc(C#N)c(C(F)(F)F)c4)C(=O)C3(C)C)cc2)OC(=O)CCCCCn2cc(nn2)CCC(=O)OC2CC(C(=O)N[C@@H](C)c3ccc(-c4scnc4C)cc3)N(C2)C(=O)C(C(C)(C)C)C1. The molecule has 89 heavy (non-hydrogen) atoms. The zero-order valence-corrected chi connectivity index (χ0v) is 52.3. The van der Waals surface area contributed by atoms with Crippen LogP contribution < -0.4 is 19.9 Å². The molecule has 5 aromatic rings. The van der Waals surface area contributed by atoms with Crippen molar-refractivity contribution in [1.82, 2.24) is 30.2 Å². The third-order valence-electron chi connectivity index (χ3n) is 16.1. The lowest BCUT2D eigenvalue weighted by molar-refractivity contribution is -0.151. The number of amides is 5. The van der Waals surface area contributed by atoms with Crippen molar-refractivity contribution in [2.45, 2.75) is 162 Å². The van der Waals surface area contributed by atoms with Gasteiger partial charge < -0.3 is 33.9 Å². The van der Waals surface area contributed by atoms with E-state index in [1.54, 1.807) is 51.4 Å². The van der Waals surface area contributed by atoms with E-state index >= 15 is 0 Å². The number of imide groups is 1. The van der Waals surface area contributed by atoms with Gasteiger partial charge in [0.25, 0.3) is 5.91 Å². The van der Waals surface area contributed by atoms with Gasteiger partial charge in [0.05, 0.1) is 83.5 Å². The number of nitrogens with zero attached hydrogens (tertiary/aromatic N) is 8. The minimum atomic E-state index is -4.90. The Kier molecular flexibility index (Phi) is 22.2. The van der Waals surface area contributed by atoms with Crippen LogP contribution in [0.5, 0.6) is 5.75 Å². The molecule has 24 heteroatoms. The Labute approximate surface area is 520 Å². The number of thiazole rings is 1. The Hall–Kier alpha value is -8.01. The number of carbonyl (C=O) groups excluding carboxylic acids is 6. The maximum absolute atomic E-state index is 14.9. The molecule has 5 heterocycles. The Morgan fingerprint density at radius 1 is 0.910 bits per heavy atom. The number of alkyl halides is 3. The van der Waals surface area contributed by atoms with Gasteiger partial charge in [-0.15, -0.1) is 16.4 Å². The first-order valence-corrected chi connectivity index (χ1v) is 30.9. The summed E-state index contributed by atoms with van der Waals surface area (Å²) in [6, 6.07) is 16.2. The summed E-state index contributed by atoms with van der Waals surface area (Å²) in [5.74, 6) is -2.44. The Morgan fingerprint density at radius 3 is 2.33 bits per heavy atom. The number of benzene rings is 3. The summed E-state index contributed by atoms with van der Waals surface area (Å²) in [4.78, 5) is 92.3. The number of hydrogen-bond donors (Lipinski definition) is 1. The van der Waals surface area contributed by atoms with Crippen molar-refractivity contribution in [1.29, 1.82) is 5.26 Å². The predicted octanol–water partition coefficient (Wildman–Crippen LogP) is 11.1. The molecule has 0 radical (unpaired) electrons. The molecule has 2 saturated heterocycles. The van der Waals surface area contributed by atoms with E-state index in [9.17, 15) is 47.2 Å². The average molecular weight is 1250 g/mol. The fourth-order valence-corrected chi connectivity index (χ4v) is 11.9. The normalized spacial score (nSPS) is 21.4. The zero-order valence-electron chi connectivity index (χ0n) is 51.4. The number of nitriles is 1. The maximum Gasteiger partial charge on any atom is 0.417 e. The molecule has 20 nitrogen and oxygen atoms in total. The standard InChI is InChI=1S/C65H78F3N9O11S/c1-41-33-54(63(4,5)6)60(81)75-38-52(35-55(75)59(80)71-42(2)44-14-16-45(17-15-44)58-43(3)70-40-89-58)88-57(79)25-19-47-37-74(73-72-47)28-11-9-10-13-56(78)87-51(26-31-84-29-12-30-85-39-41)27-32-86-50-23-21-48(22-24-50)77-62(83)76(61(82)64(77,7)8)49-20-18-46(36-69)53(34-49)65(66,67)68/h14-18,20-24,34,37,40,42,51-52,54-55H,1,9-13,19,25-33,35,38-39H2,2-8H3,(H,71,80)/t42-,51?,52?,54?,55?/m0/s1. The molecule has 1 N–H and O–H groups in total. The first kappa shape index (κ1) is 66.9. The van der Waals surface area contributed by atoms with Crippen molar-refractivity contribution in [2.24, 2.45) is 11.3 Å². The average Bonchev–Trinajstić information content (AvgIpc) is 1.85. The van der Waals surface area contributed by atoms with Gasteiger partial charge in [-0.2, -0.15) is 18.4 Å². The molecule has 2 fully saturated rings. The number of aryl methyl sites for hydroxylation is 3. The first-order chi connectivity index (χ1) is 42.3. The van der Waals surface area contributed by atoms with Crippen LogP contribution in [0.25, 0.3) is 10.4 Å². The smallest absolute Gasteiger partial charge is 0.417 e. The molecule has 3 aliphatic rings. The molecular formula is C65H78F3N9O11S. The first-order valence-electron chi connectivity index (χ1n) is 30.1. The summed E-state index contributed by atoms with van der Waals surface area (Å²) in [5, 5.41) is 20.9. The highest BCUT2D eigenvalue weighted by atomic mass is 32.1. The van der Waals surface area contributed by atoms with E-state index in [1.165, 1.54) is 24.8 Å². The van der Waals surface area contributed by atoms with Gasteiger partial charge in [-0.25, -0.2) is 14.7 Å². The van der Waals surface area contributed by atoms with E-state index < -0.39 is 76.4 Å². The summed E-state index contributed by atoms with van der Waals surface area (Å²) in [5.41, 5.74) is 1.93. The van der Waals surface area contributed by atoms with Gasteiger partial charge >= 0.3 is 24.1 Å². The number of carbonyl (C=O) groups is 6. The lowest BCUT2D eigenvalue weighted by Crippen LogP contribution is -2.50. The van der Waals surface area contributed by atoms with Crippen LogP contribution >= 0.6 is 11.3 Å². The van der Waals surface area contributed by atoms with Gasteiger partial charge in [0, 0.05) is 69.7 Å². The van der Waals surface area contributed by atoms with Crippen molar-refractivity contribution in [2.75, 3.05) is 49.4 Å². The van der Waals surface area contributed by atoms with Crippen LogP contribution in [0.15, 0.2) is 90.6 Å². The molecule has 0 aliphatic carbocycles. The van der Waals surface area contributed by atoms with Gasteiger partial charge in [-0.05, 0) is 112 Å². The van der Waals surface area contributed by atoms with Crippen LogP contribution in [-0.2, 0) is 62.1 Å². The van der Waals surface area contributed by atoms with Crippen LogP contribution in [0.3, 0.4) is 0 Å². The van der Waals surface area contributed by atoms with Crippen molar-refractivity contribution in [3.63, 3.8) is 0 Å². The fourth-order valence-electron chi connectivity index (χ4n) is 11.1. The number of cyclic esters (lactones) is 1. The molecular weight excluding hydrogens is 1170 g/mol. The van der Waals surface area contributed by atoms with E-state index in [0.717, 1.165) is 33.8 Å². The van der Waals surface area contributed by atoms with Gasteiger partial charge in [0.2, 0.25) is 11.8 Å². The van der Waals surface area contributed by atoms with Crippen molar-refractivity contribution < 1.29 is 65.6 Å². The lowest BCUT2D eigenvalue weighted by atomic mass is 9.76. The summed E-state index contributed by atoms with van der Waals surface area (Å²) in [7, 11) is 0. The van der Waals surface area contributed by atoms with Crippen molar-refractivity contribution in [3.8, 4) is 22.3 Å². The van der Waals surface area contributed by atoms with Crippen LogP contribution in [0.4, 0.5) is 29.3 Å². The number of halogens is 3. The third-order valence-corrected chi connectivity index (χ3v) is 17.1. The number of esters is 2. The quantitative estimate of drug-likeness (QED) is 0.0777. The number of hydrogen-bond acceptors (Lipinski definition) is 16. The highest BCUT2D eigenvalue weighted by Gasteiger charge is 2.53. The number of anilines is 2. The number of fused-ring (bicyclic) bond motifs is 4. The second-order valence-electron chi connectivity index (χ2n) is 24.3. The predicted molar refractivity (Wildman–Crippen MR) is 325 cm³/mol. The molecule has 4 unspecified atom stereocenters. The molecule has 0 spiro atoms. The third kappa shape index (κ3) is 17.2. The van der Waals surface area contributed by atoms with Gasteiger partial charge in [0.15, 0.2) is 0 Å². The van der Waals surface area contributed by atoms with Crippen LogP contribution in [0.1, 0.15) is 140 Å². The Bertz CT molecular complexity index is 3370. The number of urea groups is 1. The van der Waals surface area contributed by atoms with E-state index in [2.05, 4.69) is 27.2 Å². The minimum absolute atomic E-state index is 0.00416. The largest absolute Gasteiger partial charge is 0.493 e. The number of nitrogens with one attached hydrogen (secondary N) is 1. The molecule has 8 rings (SSSR count). The van der Waals surface area contributed by atoms with Crippen LogP contribution in [-0.4, -0.2) is 124 Å². The summed E-state index contributed by atoms with van der Waals surface area (Å²) in [6.45, 7) is 18.8. The maximum atomic E-state index is 14.9. The molecule has 476 valence electrons. The van der Waals surface area contributed by atoms with E-state index in [4.69, 9.17) is 23.7 Å². The highest BCUT2D eigenvalue weighted by molar-refractivity contribution is 7.13. The molecule has 5 amide bonds. The van der Waals surface area contributed by atoms with Crippen molar-refractivity contribution >= 4 is 58.4 Å². The number of aromatic nitrogens is 4. The second kappa shape index (κ2) is 29.5. The topological polar surface area (TPSA) is 238 Å². The molecule has 0 saturated carbocycles. The summed E-state index contributed by atoms with van der Waals surface area (Å²) < 4.78 is 73.3. The molecule has 5 atom stereocenters.